The van der Waals surface area contributed by atoms with Crippen molar-refractivity contribution in [2.75, 3.05) is 26.4 Å². The van der Waals surface area contributed by atoms with Crippen molar-refractivity contribution in [1.82, 2.24) is 19.3 Å². The Morgan fingerprint density at radius 3 is 2.94 bits per heavy atom. The fourth-order valence-electron chi connectivity index (χ4n) is 3.86. The first-order chi connectivity index (χ1) is 15.2. The molecular weight excluding hydrogens is 400 g/mol. The van der Waals surface area contributed by atoms with Crippen molar-refractivity contribution >= 4 is 0 Å². The fraction of sp³-hybridized carbons (Fsp3) is 0.409. The van der Waals surface area contributed by atoms with E-state index >= 15 is 0 Å². The first kappa shape index (κ1) is 19.8. The average Bonchev–Trinajstić information content (AvgIpc) is 3.22. The van der Waals surface area contributed by atoms with Gasteiger partial charge >= 0.3 is 5.69 Å². The van der Waals surface area contributed by atoms with Gasteiger partial charge in [0.1, 0.15) is 25.1 Å². The average molecular weight is 424 g/mol. The molecule has 0 spiro atoms. The van der Waals surface area contributed by atoms with E-state index in [4.69, 9.17) is 18.9 Å². The Labute approximate surface area is 179 Å². The van der Waals surface area contributed by atoms with E-state index in [2.05, 4.69) is 10.1 Å². The molecule has 0 aliphatic carbocycles. The maximum absolute atomic E-state index is 12.6. The van der Waals surface area contributed by atoms with Gasteiger partial charge in [0.25, 0.3) is 0 Å². The van der Waals surface area contributed by atoms with Gasteiger partial charge in [-0.1, -0.05) is 0 Å². The summed E-state index contributed by atoms with van der Waals surface area (Å²) < 4.78 is 26.1. The summed E-state index contributed by atoms with van der Waals surface area (Å²) in [5, 5.41) is 4.33. The smallest absolute Gasteiger partial charge is 0.351 e. The van der Waals surface area contributed by atoms with Crippen LogP contribution in [-0.4, -0.2) is 51.9 Å². The summed E-state index contributed by atoms with van der Waals surface area (Å²) in [7, 11) is 1.88. The number of rotatable bonds is 6. The Balaban J connectivity index is 1.34. The molecule has 4 heterocycles. The number of hydrogen-bond acceptors (Lipinski definition) is 7. The molecule has 3 aromatic rings. The third kappa shape index (κ3) is 4.33. The summed E-state index contributed by atoms with van der Waals surface area (Å²) in [6.45, 7) is 2.89. The largest absolute Gasteiger partial charge is 0.487 e. The lowest BCUT2D eigenvalue weighted by Crippen LogP contribution is -2.34. The molecule has 1 atom stereocenters. The summed E-state index contributed by atoms with van der Waals surface area (Å²) in [6, 6.07) is 9.67. The molecule has 2 aliphatic rings. The minimum absolute atomic E-state index is 0.152. The van der Waals surface area contributed by atoms with Crippen LogP contribution in [0.25, 0.3) is 11.3 Å². The van der Waals surface area contributed by atoms with E-state index in [9.17, 15) is 4.79 Å². The lowest BCUT2D eigenvalue weighted by Gasteiger charge is -2.24. The Bertz CT molecular complexity index is 1130. The van der Waals surface area contributed by atoms with Gasteiger partial charge in [0, 0.05) is 31.4 Å². The number of ether oxygens (including phenoxy) is 4. The van der Waals surface area contributed by atoms with Crippen LogP contribution in [-0.2, 0) is 36.1 Å². The predicted octanol–water partition coefficient (Wildman–Crippen LogP) is 1.57. The summed E-state index contributed by atoms with van der Waals surface area (Å²) in [6.07, 6.45) is 2.47. The van der Waals surface area contributed by atoms with Crippen molar-refractivity contribution in [3.63, 3.8) is 0 Å². The molecule has 162 valence electrons. The minimum Gasteiger partial charge on any atom is -0.487 e. The lowest BCUT2D eigenvalue weighted by atomic mass is 9.97. The Hall–Kier alpha value is -3.17. The van der Waals surface area contributed by atoms with Crippen molar-refractivity contribution in [3.8, 4) is 22.9 Å². The van der Waals surface area contributed by atoms with E-state index in [-0.39, 0.29) is 11.8 Å². The van der Waals surface area contributed by atoms with E-state index < -0.39 is 0 Å². The molecule has 0 saturated carbocycles. The summed E-state index contributed by atoms with van der Waals surface area (Å²) >= 11 is 0. The maximum atomic E-state index is 12.6. The molecule has 0 radical (unpaired) electrons. The van der Waals surface area contributed by atoms with Gasteiger partial charge in [0.2, 0.25) is 5.88 Å². The lowest BCUT2D eigenvalue weighted by molar-refractivity contribution is -0.102. The van der Waals surface area contributed by atoms with Crippen LogP contribution in [0.1, 0.15) is 11.3 Å². The molecule has 31 heavy (non-hydrogen) atoms. The molecule has 0 N–H and O–H groups in total. The van der Waals surface area contributed by atoms with E-state index in [1.807, 2.05) is 43.6 Å². The molecule has 2 aromatic heterocycles. The highest BCUT2D eigenvalue weighted by Crippen LogP contribution is 2.32. The zero-order valence-corrected chi connectivity index (χ0v) is 17.3. The Morgan fingerprint density at radius 2 is 2.13 bits per heavy atom. The van der Waals surface area contributed by atoms with Crippen LogP contribution in [0, 0.1) is 0 Å². The van der Waals surface area contributed by atoms with Crippen molar-refractivity contribution in [3.05, 3.63) is 58.3 Å². The first-order valence-corrected chi connectivity index (χ1v) is 10.3. The van der Waals surface area contributed by atoms with Crippen LogP contribution in [0.2, 0.25) is 0 Å². The third-order valence-corrected chi connectivity index (χ3v) is 5.40. The van der Waals surface area contributed by atoms with Crippen molar-refractivity contribution < 1.29 is 18.9 Å². The molecule has 1 aromatic carbocycles. The van der Waals surface area contributed by atoms with Crippen molar-refractivity contribution in [2.45, 2.75) is 25.7 Å². The molecule has 0 bridgehead atoms. The Morgan fingerprint density at radius 1 is 1.19 bits per heavy atom. The van der Waals surface area contributed by atoms with Crippen LogP contribution in [0.5, 0.6) is 11.6 Å². The molecule has 0 amide bonds. The molecule has 5 rings (SSSR count). The van der Waals surface area contributed by atoms with Gasteiger partial charge in [-0.05, 0) is 36.2 Å². The second kappa shape index (κ2) is 8.52. The molecule has 1 unspecified atom stereocenters. The summed E-state index contributed by atoms with van der Waals surface area (Å²) in [5.74, 6) is 1.08. The fourth-order valence-corrected chi connectivity index (χ4v) is 3.86. The number of benzene rings is 1. The predicted molar refractivity (Wildman–Crippen MR) is 111 cm³/mol. The molecule has 9 nitrogen and oxygen atoms in total. The monoisotopic (exact) mass is 424 g/mol. The normalized spacial score (nSPS) is 17.6. The van der Waals surface area contributed by atoms with E-state index in [0.717, 1.165) is 34.7 Å². The summed E-state index contributed by atoms with van der Waals surface area (Å²) in [4.78, 5) is 16.6. The van der Waals surface area contributed by atoms with Gasteiger partial charge in [-0.3, -0.25) is 9.25 Å². The van der Waals surface area contributed by atoms with Crippen LogP contribution in [0.3, 0.4) is 0 Å². The SMILES string of the molecule is Cn1ccc(COc2ccc3c(c2)CCn2c-3cc(OCC3COCCO3)nc2=O)n1. The molecule has 9 heteroatoms. The quantitative estimate of drug-likeness (QED) is 0.593. The first-order valence-electron chi connectivity index (χ1n) is 10.3. The minimum atomic E-state index is -0.311. The van der Waals surface area contributed by atoms with Gasteiger partial charge < -0.3 is 18.9 Å². The zero-order chi connectivity index (χ0) is 21.2. The highest BCUT2D eigenvalue weighted by molar-refractivity contribution is 5.67. The number of hydrogen-bond donors (Lipinski definition) is 0. The molecular formula is C22H24N4O5. The van der Waals surface area contributed by atoms with E-state index in [0.29, 0.717) is 45.5 Å². The van der Waals surface area contributed by atoms with E-state index in [1.165, 1.54) is 0 Å². The van der Waals surface area contributed by atoms with Crippen LogP contribution in [0.15, 0.2) is 41.3 Å². The number of fused-ring (bicyclic) bond motifs is 3. The van der Waals surface area contributed by atoms with Crippen LogP contribution in [0.4, 0.5) is 0 Å². The third-order valence-electron chi connectivity index (χ3n) is 5.40. The van der Waals surface area contributed by atoms with Gasteiger partial charge in [-0.15, -0.1) is 0 Å². The molecule has 2 aliphatic heterocycles. The maximum Gasteiger partial charge on any atom is 0.351 e. The van der Waals surface area contributed by atoms with Crippen molar-refractivity contribution in [1.29, 1.82) is 0 Å². The number of aromatic nitrogens is 4. The van der Waals surface area contributed by atoms with Crippen LogP contribution >= 0.6 is 0 Å². The molecule has 1 saturated heterocycles. The van der Waals surface area contributed by atoms with E-state index in [1.54, 1.807) is 9.25 Å². The molecule has 1 fully saturated rings. The topological polar surface area (TPSA) is 89.6 Å². The second-order valence-corrected chi connectivity index (χ2v) is 7.63. The number of nitrogens with zero attached hydrogens (tertiary/aromatic N) is 4. The van der Waals surface area contributed by atoms with Crippen LogP contribution < -0.4 is 15.2 Å². The highest BCUT2D eigenvalue weighted by atomic mass is 16.6. The van der Waals surface area contributed by atoms with Gasteiger partial charge in [0.15, 0.2) is 0 Å². The highest BCUT2D eigenvalue weighted by Gasteiger charge is 2.21. The number of aryl methyl sites for hydroxylation is 2. The van der Waals surface area contributed by atoms with Gasteiger partial charge in [-0.25, -0.2) is 4.79 Å². The summed E-state index contributed by atoms with van der Waals surface area (Å²) in [5.41, 5.74) is 3.47. The van der Waals surface area contributed by atoms with Gasteiger partial charge in [-0.2, -0.15) is 10.1 Å². The Kier molecular flexibility index (Phi) is 5.44. The standard InChI is InChI=1S/C22H24N4O5/c1-25-6-5-16(24-25)12-30-17-2-3-19-15(10-17)4-7-26-20(19)11-21(23-22(26)27)31-14-18-13-28-8-9-29-18/h2-3,5-6,10-11,18H,4,7-9,12-14H2,1H3. The van der Waals surface area contributed by atoms with Gasteiger partial charge in [0.05, 0.1) is 31.2 Å². The van der Waals surface area contributed by atoms with Crippen molar-refractivity contribution in [2.24, 2.45) is 7.05 Å². The zero-order valence-electron chi connectivity index (χ0n) is 17.3. The second-order valence-electron chi connectivity index (χ2n) is 7.63.